The standard InChI is InChI=1S/C14H22ClN3O/c1-3-7-17-10-11(15)8-13(17)14(19)18(4-2)12-5-6-16-9-12/h8,10,12,16H,3-7,9H2,1-2H3. The topological polar surface area (TPSA) is 37.3 Å². The van der Waals surface area contributed by atoms with Crippen LogP contribution in [0.2, 0.25) is 5.02 Å². The number of likely N-dealkylation sites (N-methyl/N-ethyl adjacent to an activating group) is 1. The average molecular weight is 284 g/mol. The van der Waals surface area contributed by atoms with Crippen LogP contribution in [0.3, 0.4) is 0 Å². The summed E-state index contributed by atoms with van der Waals surface area (Å²) in [5, 5.41) is 3.95. The first-order valence-corrected chi connectivity index (χ1v) is 7.42. The van der Waals surface area contributed by atoms with E-state index in [0.29, 0.717) is 16.8 Å². The van der Waals surface area contributed by atoms with Crippen LogP contribution in [0, 0.1) is 0 Å². The van der Waals surface area contributed by atoms with Crippen LogP contribution in [0.15, 0.2) is 12.3 Å². The quantitative estimate of drug-likeness (QED) is 0.901. The lowest BCUT2D eigenvalue weighted by Gasteiger charge is -2.27. The molecule has 0 saturated carbocycles. The third-order valence-electron chi connectivity index (χ3n) is 3.62. The van der Waals surface area contributed by atoms with Gasteiger partial charge in [-0.1, -0.05) is 18.5 Å². The average Bonchev–Trinajstić information content (AvgIpc) is 3.00. The fourth-order valence-electron chi connectivity index (χ4n) is 2.70. The van der Waals surface area contributed by atoms with E-state index in [0.717, 1.165) is 39.0 Å². The van der Waals surface area contributed by atoms with E-state index in [9.17, 15) is 4.79 Å². The second kappa shape index (κ2) is 6.44. The summed E-state index contributed by atoms with van der Waals surface area (Å²) in [6.07, 6.45) is 3.86. The van der Waals surface area contributed by atoms with Gasteiger partial charge in [-0.2, -0.15) is 0 Å². The number of carbonyl (C=O) groups is 1. The number of aromatic nitrogens is 1. The van der Waals surface area contributed by atoms with Gasteiger partial charge in [-0.15, -0.1) is 0 Å². The lowest BCUT2D eigenvalue weighted by atomic mass is 10.2. The van der Waals surface area contributed by atoms with E-state index in [2.05, 4.69) is 12.2 Å². The largest absolute Gasteiger partial charge is 0.342 e. The second-order valence-electron chi connectivity index (χ2n) is 4.97. The number of aryl methyl sites for hydroxylation is 1. The third kappa shape index (κ3) is 3.12. The molecular formula is C14H22ClN3O. The first-order valence-electron chi connectivity index (χ1n) is 7.04. The predicted octanol–water partition coefficient (Wildman–Crippen LogP) is 2.38. The van der Waals surface area contributed by atoms with Gasteiger partial charge in [0.05, 0.1) is 5.02 Å². The highest BCUT2D eigenvalue weighted by Gasteiger charge is 2.27. The number of hydrogen-bond acceptors (Lipinski definition) is 2. The van der Waals surface area contributed by atoms with E-state index < -0.39 is 0 Å². The summed E-state index contributed by atoms with van der Waals surface area (Å²) in [4.78, 5) is 14.6. The molecule has 0 aliphatic carbocycles. The van der Waals surface area contributed by atoms with Gasteiger partial charge in [0.2, 0.25) is 0 Å². The van der Waals surface area contributed by atoms with Crippen molar-refractivity contribution in [3.8, 4) is 0 Å². The van der Waals surface area contributed by atoms with Crippen molar-refractivity contribution in [2.45, 2.75) is 39.3 Å². The maximum Gasteiger partial charge on any atom is 0.270 e. The first kappa shape index (κ1) is 14.4. The van der Waals surface area contributed by atoms with Crippen LogP contribution in [-0.2, 0) is 6.54 Å². The number of halogens is 1. The van der Waals surface area contributed by atoms with Crippen molar-refractivity contribution in [3.05, 3.63) is 23.0 Å². The Hall–Kier alpha value is -1.00. The predicted molar refractivity (Wildman–Crippen MR) is 77.7 cm³/mol. The highest BCUT2D eigenvalue weighted by Crippen LogP contribution is 2.19. The maximum absolute atomic E-state index is 12.7. The van der Waals surface area contributed by atoms with Crippen molar-refractivity contribution in [1.82, 2.24) is 14.8 Å². The van der Waals surface area contributed by atoms with E-state index >= 15 is 0 Å². The third-order valence-corrected chi connectivity index (χ3v) is 3.83. The summed E-state index contributed by atoms with van der Waals surface area (Å²) < 4.78 is 1.97. The molecule has 0 aromatic carbocycles. The number of rotatable bonds is 5. The van der Waals surface area contributed by atoms with Crippen LogP contribution in [-0.4, -0.2) is 41.1 Å². The Morgan fingerprint density at radius 1 is 1.58 bits per heavy atom. The van der Waals surface area contributed by atoms with Gasteiger partial charge in [0.1, 0.15) is 5.69 Å². The molecular weight excluding hydrogens is 262 g/mol. The van der Waals surface area contributed by atoms with Gasteiger partial charge in [-0.3, -0.25) is 4.79 Å². The maximum atomic E-state index is 12.7. The van der Waals surface area contributed by atoms with Crippen LogP contribution in [0.4, 0.5) is 0 Å². The zero-order valence-electron chi connectivity index (χ0n) is 11.7. The summed E-state index contributed by atoms with van der Waals surface area (Å²) in [6.45, 7) is 7.58. The van der Waals surface area contributed by atoms with Gasteiger partial charge in [0, 0.05) is 31.9 Å². The molecule has 106 valence electrons. The lowest BCUT2D eigenvalue weighted by molar-refractivity contribution is 0.0692. The Kier molecular flexibility index (Phi) is 4.88. The lowest BCUT2D eigenvalue weighted by Crippen LogP contribution is -2.42. The number of nitrogens with one attached hydrogen (secondary N) is 1. The monoisotopic (exact) mass is 283 g/mol. The molecule has 1 aromatic rings. The zero-order valence-corrected chi connectivity index (χ0v) is 12.4. The van der Waals surface area contributed by atoms with Gasteiger partial charge in [-0.05, 0) is 32.4 Å². The smallest absolute Gasteiger partial charge is 0.270 e. The Balaban J connectivity index is 2.21. The van der Waals surface area contributed by atoms with E-state index in [1.165, 1.54) is 0 Å². The summed E-state index contributed by atoms with van der Waals surface area (Å²) >= 11 is 6.05. The highest BCUT2D eigenvalue weighted by atomic mass is 35.5. The van der Waals surface area contributed by atoms with Crippen molar-refractivity contribution >= 4 is 17.5 Å². The van der Waals surface area contributed by atoms with Gasteiger partial charge < -0.3 is 14.8 Å². The number of amides is 1. The Morgan fingerprint density at radius 3 is 2.95 bits per heavy atom. The Bertz CT molecular complexity index is 438. The van der Waals surface area contributed by atoms with Crippen LogP contribution >= 0.6 is 11.6 Å². The first-order chi connectivity index (χ1) is 9.17. The Morgan fingerprint density at radius 2 is 2.37 bits per heavy atom. The summed E-state index contributed by atoms with van der Waals surface area (Å²) in [7, 11) is 0. The van der Waals surface area contributed by atoms with E-state index in [4.69, 9.17) is 11.6 Å². The number of nitrogens with zero attached hydrogens (tertiary/aromatic N) is 2. The molecule has 1 fully saturated rings. The fourth-order valence-corrected chi connectivity index (χ4v) is 2.92. The molecule has 1 atom stereocenters. The molecule has 1 aliphatic heterocycles. The zero-order chi connectivity index (χ0) is 13.8. The Labute approximate surface area is 119 Å². The minimum absolute atomic E-state index is 0.0940. The second-order valence-corrected chi connectivity index (χ2v) is 5.41. The van der Waals surface area contributed by atoms with Crippen LogP contribution in [0.25, 0.3) is 0 Å². The van der Waals surface area contributed by atoms with Gasteiger partial charge in [0.25, 0.3) is 5.91 Å². The molecule has 0 radical (unpaired) electrons. The normalized spacial score (nSPS) is 18.8. The van der Waals surface area contributed by atoms with Gasteiger partial charge >= 0.3 is 0 Å². The van der Waals surface area contributed by atoms with E-state index in [1.807, 2.05) is 22.6 Å². The summed E-state index contributed by atoms with van der Waals surface area (Å²) in [6, 6.07) is 2.09. The molecule has 5 heteroatoms. The molecule has 0 spiro atoms. The van der Waals surface area contributed by atoms with Crippen molar-refractivity contribution in [2.24, 2.45) is 0 Å². The summed E-state index contributed by atoms with van der Waals surface area (Å²) in [5.74, 6) is 0.0940. The minimum Gasteiger partial charge on any atom is -0.342 e. The van der Waals surface area contributed by atoms with Crippen LogP contribution < -0.4 is 5.32 Å². The van der Waals surface area contributed by atoms with E-state index in [-0.39, 0.29) is 5.91 Å². The molecule has 2 rings (SSSR count). The van der Waals surface area contributed by atoms with Gasteiger partial charge in [-0.25, -0.2) is 0 Å². The molecule has 4 nitrogen and oxygen atoms in total. The van der Waals surface area contributed by atoms with Crippen molar-refractivity contribution < 1.29 is 4.79 Å². The molecule has 2 heterocycles. The molecule has 0 bridgehead atoms. The fraction of sp³-hybridized carbons (Fsp3) is 0.643. The van der Waals surface area contributed by atoms with Crippen molar-refractivity contribution in [2.75, 3.05) is 19.6 Å². The molecule has 19 heavy (non-hydrogen) atoms. The number of hydrogen-bond donors (Lipinski definition) is 1. The minimum atomic E-state index is 0.0940. The molecule has 1 unspecified atom stereocenters. The molecule has 1 amide bonds. The molecule has 1 aliphatic rings. The SMILES string of the molecule is CCCn1cc(Cl)cc1C(=O)N(CC)C1CCNC1. The van der Waals surface area contributed by atoms with Crippen LogP contribution in [0.5, 0.6) is 0 Å². The molecule has 1 N–H and O–H groups in total. The van der Waals surface area contributed by atoms with Crippen molar-refractivity contribution in [3.63, 3.8) is 0 Å². The molecule has 1 saturated heterocycles. The highest BCUT2D eigenvalue weighted by molar-refractivity contribution is 6.31. The summed E-state index contributed by atoms with van der Waals surface area (Å²) in [5.41, 5.74) is 0.709. The van der Waals surface area contributed by atoms with Crippen LogP contribution in [0.1, 0.15) is 37.2 Å². The van der Waals surface area contributed by atoms with Crippen molar-refractivity contribution in [1.29, 1.82) is 0 Å². The van der Waals surface area contributed by atoms with E-state index in [1.54, 1.807) is 6.07 Å². The van der Waals surface area contributed by atoms with Gasteiger partial charge in [0.15, 0.2) is 0 Å². The molecule has 1 aromatic heterocycles. The number of carbonyl (C=O) groups excluding carboxylic acids is 1.